The zero-order valence-corrected chi connectivity index (χ0v) is 22.2. The van der Waals surface area contributed by atoms with Crippen molar-refractivity contribution in [2.24, 2.45) is 5.10 Å². The van der Waals surface area contributed by atoms with Gasteiger partial charge in [-0.2, -0.15) is 46.4 Å². The van der Waals surface area contributed by atoms with E-state index >= 15 is 0 Å². The van der Waals surface area contributed by atoms with E-state index in [1.54, 1.807) is 17.0 Å². The van der Waals surface area contributed by atoms with Gasteiger partial charge in [-0.3, -0.25) is 0 Å². The van der Waals surface area contributed by atoms with E-state index < -0.39 is 30.4 Å². The SMILES string of the molecule is CCCCCN(CCCCC)c1nc(NN=Cc2ccc(Cl)cc2Cl)nc(OC(C(F)(F)F)C(F)(F)F)n1. The molecule has 212 valence electrons. The fraction of sp³-hybridized carbons (Fsp3) is 0.565. The molecule has 0 saturated heterocycles. The Bertz CT molecular complexity index is 1030. The van der Waals surface area contributed by atoms with Crippen LogP contribution in [0.15, 0.2) is 23.3 Å². The minimum absolute atomic E-state index is 0.132. The molecule has 2 rings (SSSR count). The number of ether oxygens (including phenoxy) is 1. The topological polar surface area (TPSA) is 75.5 Å². The highest BCUT2D eigenvalue weighted by molar-refractivity contribution is 6.36. The van der Waals surface area contributed by atoms with Crippen LogP contribution >= 0.6 is 23.2 Å². The molecule has 0 spiro atoms. The van der Waals surface area contributed by atoms with Gasteiger partial charge in [-0.05, 0) is 25.0 Å². The van der Waals surface area contributed by atoms with Gasteiger partial charge in [-0.25, -0.2) is 5.43 Å². The van der Waals surface area contributed by atoms with Gasteiger partial charge in [0.1, 0.15) is 0 Å². The Morgan fingerprint density at radius 1 is 0.947 bits per heavy atom. The number of alkyl halides is 6. The number of rotatable bonds is 14. The molecular formula is C23H28Cl2F6N6O. The van der Waals surface area contributed by atoms with Crippen LogP contribution in [0.4, 0.5) is 38.2 Å². The van der Waals surface area contributed by atoms with Gasteiger partial charge in [-0.15, -0.1) is 0 Å². The Hall–Kier alpha value is -2.54. The van der Waals surface area contributed by atoms with Gasteiger partial charge in [0.05, 0.1) is 11.2 Å². The highest BCUT2D eigenvalue weighted by Gasteiger charge is 2.59. The summed E-state index contributed by atoms with van der Waals surface area (Å²) in [5.41, 5.74) is 2.84. The molecule has 0 aliphatic heterocycles. The van der Waals surface area contributed by atoms with Crippen LogP contribution in [-0.4, -0.2) is 52.7 Å². The summed E-state index contributed by atoms with van der Waals surface area (Å²) in [6, 6.07) is 3.44. The summed E-state index contributed by atoms with van der Waals surface area (Å²) in [7, 11) is 0. The number of benzene rings is 1. The Morgan fingerprint density at radius 3 is 2.08 bits per heavy atom. The van der Waals surface area contributed by atoms with Gasteiger partial charge in [0.15, 0.2) is 0 Å². The van der Waals surface area contributed by atoms with Crippen LogP contribution in [0.2, 0.25) is 10.0 Å². The zero-order chi connectivity index (χ0) is 28.3. The maximum absolute atomic E-state index is 13.1. The third-order valence-electron chi connectivity index (χ3n) is 5.10. The number of unbranched alkanes of at least 4 members (excludes halogenated alkanes) is 4. The number of nitrogens with one attached hydrogen (secondary N) is 1. The van der Waals surface area contributed by atoms with Crippen LogP contribution < -0.4 is 15.1 Å². The van der Waals surface area contributed by atoms with Crippen LogP contribution in [0, 0.1) is 0 Å². The third-order valence-corrected chi connectivity index (χ3v) is 5.66. The van der Waals surface area contributed by atoms with Crippen LogP contribution in [0.25, 0.3) is 0 Å². The molecule has 1 aromatic heterocycles. The van der Waals surface area contributed by atoms with Gasteiger partial charge < -0.3 is 9.64 Å². The number of nitrogens with zero attached hydrogens (tertiary/aromatic N) is 5. The molecule has 2 aromatic rings. The summed E-state index contributed by atoms with van der Waals surface area (Å²) >= 11 is 11.9. The van der Waals surface area contributed by atoms with E-state index in [0.717, 1.165) is 25.7 Å². The quantitative estimate of drug-likeness (QED) is 0.105. The number of hydrogen-bond donors (Lipinski definition) is 1. The molecule has 0 aliphatic rings. The predicted octanol–water partition coefficient (Wildman–Crippen LogP) is 7.68. The van der Waals surface area contributed by atoms with Crippen molar-refractivity contribution in [2.75, 3.05) is 23.4 Å². The second kappa shape index (κ2) is 14.6. The molecule has 0 atom stereocenters. The molecule has 0 unspecified atom stereocenters. The van der Waals surface area contributed by atoms with Crippen LogP contribution in [0.3, 0.4) is 0 Å². The number of aromatic nitrogens is 3. The standard InChI is InChI=1S/C23H28Cl2F6N6O/c1-3-5-7-11-37(12-8-6-4-2)20-33-19(36-32-14-15-9-10-16(24)13-17(15)25)34-21(35-20)38-18(22(26,27)28)23(29,30)31/h9-10,13-14,18H,3-8,11-12H2,1-2H3,(H,33,34,35,36). The van der Waals surface area contributed by atoms with Crippen molar-refractivity contribution in [3.8, 4) is 6.01 Å². The summed E-state index contributed by atoms with van der Waals surface area (Å²) in [6.45, 7) is 4.87. The molecular weight excluding hydrogens is 561 g/mol. The first-order valence-electron chi connectivity index (χ1n) is 11.9. The van der Waals surface area contributed by atoms with Crippen molar-refractivity contribution in [3.05, 3.63) is 33.8 Å². The Labute approximate surface area is 226 Å². The smallest absolute Gasteiger partial charge is 0.434 e. The van der Waals surface area contributed by atoms with E-state index in [2.05, 4.69) is 30.2 Å². The lowest BCUT2D eigenvalue weighted by molar-refractivity contribution is -0.301. The number of hydrogen-bond acceptors (Lipinski definition) is 7. The second-order valence-electron chi connectivity index (χ2n) is 8.26. The first-order chi connectivity index (χ1) is 17.8. The molecule has 1 N–H and O–H groups in total. The number of halogens is 8. The van der Waals surface area contributed by atoms with E-state index in [0.29, 0.717) is 36.5 Å². The molecule has 1 aromatic carbocycles. The van der Waals surface area contributed by atoms with Crippen molar-refractivity contribution in [1.82, 2.24) is 15.0 Å². The highest BCUT2D eigenvalue weighted by atomic mass is 35.5. The normalized spacial score (nSPS) is 12.4. The van der Waals surface area contributed by atoms with Gasteiger partial charge in [0.25, 0.3) is 12.1 Å². The minimum atomic E-state index is -5.75. The minimum Gasteiger partial charge on any atom is -0.440 e. The van der Waals surface area contributed by atoms with Gasteiger partial charge in [-0.1, -0.05) is 68.8 Å². The molecule has 15 heteroatoms. The molecule has 0 radical (unpaired) electrons. The highest BCUT2D eigenvalue weighted by Crippen LogP contribution is 2.36. The van der Waals surface area contributed by atoms with Gasteiger partial charge in [0.2, 0.25) is 5.95 Å². The first kappa shape index (κ1) is 31.7. The summed E-state index contributed by atoms with van der Waals surface area (Å²) in [4.78, 5) is 13.2. The van der Waals surface area contributed by atoms with Crippen LogP contribution in [0.1, 0.15) is 57.9 Å². The van der Waals surface area contributed by atoms with E-state index in [1.165, 1.54) is 12.3 Å². The van der Waals surface area contributed by atoms with E-state index in [-0.39, 0.29) is 11.0 Å². The Kier molecular flexibility index (Phi) is 12.1. The monoisotopic (exact) mass is 588 g/mol. The maximum atomic E-state index is 13.1. The number of anilines is 2. The molecule has 0 amide bonds. The molecule has 0 saturated carbocycles. The van der Waals surface area contributed by atoms with E-state index in [4.69, 9.17) is 23.2 Å². The molecule has 0 fully saturated rings. The summed E-state index contributed by atoms with van der Waals surface area (Å²) in [5.74, 6) is -0.544. The van der Waals surface area contributed by atoms with Crippen molar-refractivity contribution in [1.29, 1.82) is 0 Å². The first-order valence-corrected chi connectivity index (χ1v) is 12.7. The maximum Gasteiger partial charge on any atom is 0.434 e. The predicted molar refractivity (Wildman–Crippen MR) is 135 cm³/mol. The Morgan fingerprint density at radius 2 is 1.55 bits per heavy atom. The third kappa shape index (κ3) is 10.3. The molecule has 7 nitrogen and oxygen atoms in total. The largest absolute Gasteiger partial charge is 0.440 e. The summed E-state index contributed by atoms with van der Waals surface area (Å²) < 4.78 is 83.1. The van der Waals surface area contributed by atoms with Gasteiger partial charge >= 0.3 is 18.4 Å². The van der Waals surface area contributed by atoms with Crippen molar-refractivity contribution < 1.29 is 31.1 Å². The molecule has 38 heavy (non-hydrogen) atoms. The lowest BCUT2D eigenvalue weighted by atomic mass is 10.2. The van der Waals surface area contributed by atoms with Crippen LogP contribution in [0.5, 0.6) is 6.01 Å². The fourth-order valence-corrected chi connectivity index (χ4v) is 3.65. The average molecular weight is 589 g/mol. The Balaban J connectivity index is 2.44. The molecule has 0 bridgehead atoms. The summed E-state index contributed by atoms with van der Waals surface area (Å²) in [6.07, 6.45) is -9.39. The lowest BCUT2D eigenvalue weighted by Gasteiger charge is -2.25. The van der Waals surface area contributed by atoms with Crippen molar-refractivity contribution in [3.63, 3.8) is 0 Å². The second-order valence-corrected chi connectivity index (χ2v) is 9.10. The molecule has 1 heterocycles. The van der Waals surface area contributed by atoms with Crippen molar-refractivity contribution >= 4 is 41.3 Å². The fourth-order valence-electron chi connectivity index (χ4n) is 3.20. The number of hydrazone groups is 1. The van der Waals surface area contributed by atoms with Gasteiger partial charge in [0, 0.05) is 23.7 Å². The summed E-state index contributed by atoms with van der Waals surface area (Å²) in [5, 5.41) is 4.55. The van der Waals surface area contributed by atoms with Crippen molar-refractivity contribution in [2.45, 2.75) is 70.8 Å². The van der Waals surface area contributed by atoms with E-state index in [9.17, 15) is 26.3 Å². The zero-order valence-electron chi connectivity index (χ0n) is 20.7. The lowest BCUT2D eigenvalue weighted by Crippen LogP contribution is -2.47. The molecule has 0 aliphatic carbocycles. The average Bonchev–Trinajstić information content (AvgIpc) is 2.81. The van der Waals surface area contributed by atoms with Crippen LogP contribution in [-0.2, 0) is 0 Å². The van der Waals surface area contributed by atoms with E-state index in [1.807, 2.05) is 13.8 Å².